The molecule has 0 bridgehead atoms. The zero-order valence-electron chi connectivity index (χ0n) is 15.0. The Labute approximate surface area is 159 Å². The normalized spacial score (nSPS) is 16.7. The van der Waals surface area contributed by atoms with Gasteiger partial charge in [0.25, 0.3) is 0 Å². The molecule has 0 aliphatic carbocycles. The molecule has 0 fully saturated rings. The minimum atomic E-state index is 0.171. The molecule has 0 saturated heterocycles. The van der Waals surface area contributed by atoms with Gasteiger partial charge in [-0.05, 0) is 60.4 Å². The number of rotatable bonds is 3. The van der Waals surface area contributed by atoms with Crippen LogP contribution in [0.3, 0.4) is 0 Å². The van der Waals surface area contributed by atoms with Crippen LogP contribution in [0.2, 0.25) is 5.02 Å². The van der Waals surface area contributed by atoms with Crippen LogP contribution in [0.15, 0.2) is 77.9 Å². The Morgan fingerprint density at radius 3 is 2.31 bits per heavy atom. The summed E-state index contributed by atoms with van der Waals surface area (Å²) in [5.41, 5.74) is 7.21. The van der Waals surface area contributed by atoms with E-state index in [0.717, 1.165) is 22.8 Å². The summed E-state index contributed by atoms with van der Waals surface area (Å²) < 4.78 is 0. The van der Waals surface area contributed by atoms with E-state index in [0.29, 0.717) is 0 Å². The molecule has 1 unspecified atom stereocenters. The van der Waals surface area contributed by atoms with Gasteiger partial charge in [-0.1, -0.05) is 60.1 Å². The average molecular weight is 361 g/mol. The third-order valence-corrected chi connectivity index (χ3v) is 5.28. The molecule has 0 radical (unpaired) electrons. The van der Waals surface area contributed by atoms with Crippen molar-refractivity contribution in [2.75, 3.05) is 5.01 Å². The van der Waals surface area contributed by atoms with Gasteiger partial charge in [0.15, 0.2) is 0 Å². The summed E-state index contributed by atoms with van der Waals surface area (Å²) in [7, 11) is 0. The van der Waals surface area contributed by atoms with E-state index in [-0.39, 0.29) is 6.04 Å². The van der Waals surface area contributed by atoms with Crippen molar-refractivity contribution in [3.8, 4) is 0 Å². The number of benzene rings is 3. The topological polar surface area (TPSA) is 15.6 Å². The van der Waals surface area contributed by atoms with E-state index in [1.807, 2.05) is 18.2 Å². The number of hydrogen-bond acceptors (Lipinski definition) is 2. The lowest BCUT2D eigenvalue weighted by atomic mass is 9.98. The minimum absolute atomic E-state index is 0.171. The van der Waals surface area contributed by atoms with Crippen LogP contribution < -0.4 is 5.01 Å². The number of anilines is 1. The fraction of sp³-hybridized carbons (Fsp3) is 0.174. The smallest absolute Gasteiger partial charge is 0.0831 e. The molecule has 0 aromatic heterocycles. The monoisotopic (exact) mass is 360 g/mol. The molecule has 3 heteroatoms. The Kier molecular flexibility index (Phi) is 4.52. The standard InChI is InChI=1S/C23H21ClN2/c1-16-8-13-21(14-17(16)2)26-23(19-9-11-20(24)12-10-19)15-22(25-26)18-6-4-3-5-7-18/h3-14,23H,15H2,1-2H3. The molecule has 4 rings (SSSR count). The van der Waals surface area contributed by atoms with Gasteiger partial charge in [0, 0.05) is 11.4 Å². The molecule has 0 saturated carbocycles. The van der Waals surface area contributed by atoms with Crippen molar-refractivity contribution in [3.63, 3.8) is 0 Å². The Morgan fingerprint density at radius 2 is 1.62 bits per heavy atom. The molecular weight excluding hydrogens is 340 g/mol. The van der Waals surface area contributed by atoms with Crippen molar-refractivity contribution >= 4 is 23.0 Å². The van der Waals surface area contributed by atoms with Crippen molar-refractivity contribution in [2.45, 2.75) is 26.3 Å². The quantitative estimate of drug-likeness (QED) is 0.534. The van der Waals surface area contributed by atoms with E-state index in [1.165, 1.54) is 22.3 Å². The van der Waals surface area contributed by atoms with Gasteiger partial charge < -0.3 is 0 Å². The molecule has 0 amide bonds. The highest BCUT2D eigenvalue weighted by Gasteiger charge is 2.30. The van der Waals surface area contributed by atoms with Crippen molar-refractivity contribution < 1.29 is 0 Å². The van der Waals surface area contributed by atoms with Gasteiger partial charge >= 0.3 is 0 Å². The fourth-order valence-electron chi connectivity index (χ4n) is 3.37. The number of hydrazone groups is 1. The summed E-state index contributed by atoms with van der Waals surface area (Å²) in [4.78, 5) is 0. The lowest BCUT2D eigenvalue weighted by Gasteiger charge is -2.24. The third kappa shape index (κ3) is 3.25. The largest absolute Gasteiger partial charge is 0.257 e. The van der Waals surface area contributed by atoms with E-state index in [2.05, 4.69) is 73.5 Å². The van der Waals surface area contributed by atoms with Crippen LogP contribution in [0, 0.1) is 13.8 Å². The molecule has 1 heterocycles. The second-order valence-electron chi connectivity index (χ2n) is 6.80. The average Bonchev–Trinajstić information content (AvgIpc) is 3.11. The van der Waals surface area contributed by atoms with Gasteiger partial charge in [0.05, 0.1) is 17.4 Å². The minimum Gasteiger partial charge on any atom is -0.257 e. The molecule has 0 spiro atoms. The maximum Gasteiger partial charge on any atom is 0.0831 e. The Balaban J connectivity index is 1.77. The highest BCUT2D eigenvalue weighted by atomic mass is 35.5. The van der Waals surface area contributed by atoms with Crippen molar-refractivity contribution in [1.29, 1.82) is 0 Å². The van der Waals surface area contributed by atoms with Crippen molar-refractivity contribution in [3.05, 3.63) is 100 Å². The zero-order chi connectivity index (χ0) is 18.1. The molecule has 1 aliphatic rings. The SMILES string of the molecule is Cc1ccc(N2N=C(c3ccccc3)CC2c2ccc(Cl)cc2)cc1C. The highest BCUT2D eigenvalue weighted by molar-refractivity contribution is 6.30. The number of halogens is 1. The summed E-state index contributed by atoms with van der Waals surface area (Å²) in [5.74, 6) is 0. The predicted octanol–water partition coefficient (Wildman–Crippen LogP) is 6.31. The summed E-state index contributed by atoms with van der Waals surface area (Å²) >= 11 is 6.09. The Hall–Kier alpha value is -2.58. The van der Waals surface area contributed by atoms with Crippen LogP contribution in [0.4, 0.5) is 5.69 Å². The van der Waals surface area contributed by atoms with Crippen LogP contribution in [0.5, 0.6) is 0 Å². The van der Waals surface area contributed by atoms with E-state index in [4.69, 9.17) is 16.7 Å². The summed E-state index contributed by atoms with van der Waals surface area (Å²) in [6.07, 6.45) is 0.874. The van der Waals surface area contributed by atoms with Crippen molar-refractivity contribution in [1.82, 2.24) is 0 Å². The van der Waals surface area contributed by atoms with E-state index in [1.54, 1.807) is 0 Å². The van der Waals surface area contributed by atoms with Gasteiger partial charge in [-0.25, -0.2) is 0 Å². The molecule has 2 nitrogen and oxygen atoms in total. The molecule has 3 aromatic carbocycles. The van der Waals surface area contributed by atoms with Gasteiger partial charge in [0.1, 0.15) is 0 Å². The summed E-state index contributed by atoms with van der Waals surface area (Å²) in [5, 5.41) is 7.91. The first kappa shape index (κ1) is 16.9. The number of hydrogen-bond donors (Lipinski definition) is 0. The lowest BCUT2D eigenvalue weighted by molar-refractivity contribution is 0.708. The molecule has 130 valence electrons. The first-order valence-corrected chi connectivity index (χ1v) is 9.24. The molecule has 1 aliphatic heterocycles. The van der Waals surface area contributed by atoms with Gasteiger partial charge in [-0.3, -0.25) is 5.01 Å². The van der Waals surface area contributed by atoms with Gasteiger partial charge in [-0.15, -0.1) is 0 Å². The van der Waals surface area contributed by atoms with Crippen LogP contribution in [-0.4, -0.2) is 5.71 Å². The first-order chi connectivity index (χ1) is 12.6. The molecule has 3 aromatic rings. The second-order valence-corrected chi connectivity index (χ2v) is 7.23. The Morgan fingerprint density at radius 1 is 0.885 bits per heavy atom. The summed E-state index contributed by atoms with van der Waals surface area (Å²) in [6.45, 7) is 4.28. The maximum absolute atomic E-state index is 6.09. The molecule has 1 atom stereocenters. The third-order valence-electron chi connectivity index (χ3n) is 5.03. The number of aryl methyl sites for hydroxylation is 2. The summed E-state index contributed by atoms with van der Waals surface area (Å²) in [6, 6.07) is 25.2. The van der Waals surface area contributed by atoms with Crippen LogP contribution in [0.25, 0.3) is 0 Å². The number of nitrogens with zero attached hydrogens (tertiary/aromatic N) is 2. The van der Waals surface area contributed by atoms with Crippen LogP contribution in [-0.2, 0) is 0 Å². The van der Waals surface area contributed by atoms with Crippen LogP contribution >= 0.6 is 11.6 Å². The van der Waals surface area contributed by atoms with Gasteiger partial charge in [0.2, 0.25) is 0 Å². The van der Waals surface area contributed by atoms with E-state index < -0.39 is 0 Å². The first-order valence-electron chi connectivity index (χ1n) is 8.86. The van der Waals surface area contributed by atoms with Crippen molar-refractivity contribution in [2.24, 2.45) is 5.10 Å². The highest BCUT2D eigenvalue weighted by Crippen LogP contribution is 2.37. The van der Waals surface area contributed by atoms with Gasteiger partial charge in [-0.2, -0.15) is 5.10 Å². The fourth-order valence-corrected chi connectivity index (χ4v) is 3.49. The Bertz CT molecular complexity index is 946. The van der Waals surface area contributed by atoms with Crippen LogP contribution in [0.1, 0.15) is 34.7 Å². The van der Waals surface area contributed by atoms with E-state index in [9.17, 15) is 0 Å². The predicted molar refractivity (Wildman–Crippen MR) is 110 cm³/mol. The maximum atomic E-state index is 6.09. The molecule has 0 N–H and O–H groups in total. The molecular formula is C23H21ClN2. The second kappa shape index (κ2) is 6.97. The zero-order valence-corrected chi connectivity index (χ0v) is 15.7. The molecule has 26 heavy (non-hydrogen) atoms. The lowest BCUT2D eigenvalue weighted by Crippen LogP contribution is -2.18. The van der Waals surface area contributed by atoms with E-state index >= 15 is 0 Å².